The Labute approximate surface area is 406 Å². The monoisotopic (exact) mass is 992 g/mol. The first-order valence-electron chi connectivity index (χ1n) is 22.1. The number of benzene rings is 6. The van der Waals surface area contributed by atoms with Gasteiger partial charge < -0.3 is 57.8 Å². The highest BCUT2D eigenvalue weighted by molar-refractivity contribution is 7.11. The predicted molar refractivity (Wildman–Crippen MR) is 273 cm³/mol. The van der Waals surface area contributed by atoms with Crippen molar-refractivity contribution in [1.82, 2.24) is 0 Å². The molecule has 3 aliphatic heterocycles. The van der Waals surface area contributed by atoms with Gasteiger partial charge in [0, 0.05) is 52.1 Å². The smallest absolute Gasteiger partial charge is 0.165 e. The second-order valence-electron chi connectivity index (χ2n) is 18.2. The zero-order valence-corrected chi connectivity index (χ0v) is 42.9. The number of rotatable bonds is 9. The van der Waals surface area contributed by atoms with Crippen LogP contribution < -0.4 is 37.8 Å². The summed E-state index contributed by atoms with van der Waals surface area (Å²) in [7, 11) is 15.6. The molecule has 12 unspecified atom stereocenters. The van der Waals surface area contributed by atoms with Gasteiger partial charge in [0.2, 0.25) is 0 Å². The largest absolute Gasteiger partial charge is 0.507 e. The Hall–Kier alpha value is -5.14. The first kappa shape index (κ1) is 47.9. The summed E-state index contributed by atoms with van der Waals surface area (Å²) < 4.78 is 43.6. The van der Waals surface area contributed by atoms with Crippen LogP contribution in [-0.2, 0) is 6.42 Å². The van der Waals surface area contributed by atoms with Gasteiger partial charge in [-0.2, -0.15) is 0 Å². The molecule has 352 valence electrons. The predicted octanol–water partition coefficient (Wildman–Crippen LogP) is 10.1. The molecule has 0 fully saturated rings. The fraction of sp³-hybridized carbons (Fsp3) is 0.294. The molecule has 9 rings (SSSR count). The number of ether oxygens (including phenoxy) is 3. The molecular formula is C51H53BO12P4. The summed E-state index contributed by atoms with van der Waals surface area (Å²) in [6.07, 6.45) is -3.12. The minimum atomic E-state index is -1.50. The van der Waals surface area contributed by atoms with E-state index in [4.69, 9.17) is 40.2 Å². The Morgan fingerprint density at radius 2 is 1.10 bits per heavy atom. The summed E-state index contributed by atoms with van der Waals surface area (Å²) in [5.41, 5.74) is 8.98. The Balaban J connectivity index is 1.33. The van der Waals surface area contributed by atoms with E-state index in [1.54, 1.807) is 30.3 Å². The molecule has 6 aromatic carbocycles. The lowest BCUT2D eigenvalue weighted by Gasteiger charge is -2.44. The highest BCUT2D eigenvalue weighted by Gasteiger charge is 2.50. The summed E-state index contributed by atoms with van der Waals surface area (Å²) in [6, 6.07) is 20.9. The topological polar surface area (TPSA) is 166 Å². The van der Waals surface area contributed by atoms with Crippen LogP contribution in [0.2, 0.25) is 0 Å². The number of phenols is 4. The van der Waals surface area contributed by atoms with Gasteiger partial charge in [0.05, 0.1) is 43.8 Å². The van der Waals surface area contributed by atoms with Crippen molar-refractivity contribution in [3.63, 3.8) is 0 Å². The van der Waals surface area contributed by atoms with Crippen LogP contribution in [0.5, 0.6) is 63.2 Å². The quantitative estimate of drug-likeness (QED) is 0.0530. The number of aliphatic hydroxyl groups is 1. The highest BCUT2D eigenvalue weighted by Crippen LogP contribution is 2.63. The fourth-order valence-electron chi connectivity index (χ4n) is 10.6. The number of hydrogen-bond acceptors (Lipinski definition) is 12. The summed E-state index contributed by atoms with van der Waals surface area (Å²) in [5, 5.41) is 59.2. The van der Waals surface area contributed by atoms with Gasteiger partial charge in [0.1, 0.15) is 66.4 Å². The third kappa shape index (κ3) is 7.93. The Morgan fingerprint density at radius 3 is 1.76 bits per heavy atom. The maximum Gasteiger partial charge on any atom is 0.165 e. The lowest BCUT2D eigenvalue weighted by atomic mass is 9.69. The zero-order valence-electron chi connectivity index (χ0n) is 38.2. The van der Waals surface area contributed by atoms with Crippen LogP contribution >= 0.6 is 37.9 Å². The second kappa shape index (κ2) is 18.6. The molecule has 3 heterocycles. The molecule has 6 aromatic rings. The van der Waals surface area contributed by atoms with E-state index in [0.717, 1.165) is 39.8 Å². The molecule has 0 aliphatic carbocycles. The number of phenolic OH excluding ortho intramolecular Hbond substituents is 4. The van der Waals surface area contributed by atoms with Gasteiger partial charge in [0.15, 0.2) is 29.1 Å². The molecule has 5 N–H and O–H groups in total. The minimum absolute atomic E-state index is 0.0721. The van der Waals surface area contributed by atoms with Crippen LogP contribution in [0.3, 0.4) is 0 Å². The standard InChI is InChI=1S/C51H53BO12P4/c1-20-7-8-26(14-21(20)2)46-24(5)15-29-22(3)13-23(4)38(49(29)58-46)39-25(6)47(27-9-11-30(53)31(54)16-27)59-50-40(39)32(55)18-33(56)41(50)43-42-36(63-67)19-37(64-68)44(52)51(42)60-48(45(43)57)28-10-12-34(61-65)35(17-28)62-66/h7-14,16-19,24-25,39,43,45-48,53-57H,15,65-68H2,1-6H3. The van der Waals surface area contributed by atoms with Gasteiger partial charge in [0.25, 0.3) is 0 Å². The van der Waals surface area contributed by atoms with Crippen LogP contribution in [-0.4, -0.2) is 39.5 Å². The van der Waals surface area contributed by atoms with Crippen LogP contribution in [0, 0.1) is 39.5 Å². The third-order valence-corrected chi connectivity index (χ3v) is 15.1. The Bertz CT molecular complexity index is 2990. The third-order valence-electron chi connectivity index (χ3n) is 14.1. The van der Waals surface area contributed by atoms with Gasteiger partial charge in [-0.1, -0.05) is 50.2 Å². The summed E-state index contributed by atoms with van der Waals surface area (Å²) in [6.45, 7) is 12.5. The number of aromatic hydroxyl groups is 4. The maximum atomic E-state index is 13.0. The lowest BCUT2D eigenvalue weighted by Crippen LogP contribution is -2.38. The average molecular weight is 993 g/mol. The highest BCUT2D eigenvalue weighted by atomic mass is 31.0. The molecule has 12 atom stereocenters. The Kier molecular flexibility index (Phi) is 13.1. The summed E-state index contributed by atoms with van der Waals surface area (Å²) in [5.74, 6) is -1.64. The van der Waals surface area contributed by atoms with E-state index >= 15 is 0 Å². The van der Waals surface area contributed by atoms with Crippen molar-refractivity contribution in [3.05, 3.63) is 140 Å². The molecule has 2 radical (unpaired) electrons. The van der Waals surface area contributed by atoms with E-state index in [9.17, 15) is 25.5 Å². The molecule has 0 amide bonds. The van der Waals surface area contributed by atoms with Gasteiger partial charge in [-0.3, -0.25) is 0 Å². The van der Waals surface area contributed by atoms with Crippen molar-refractivity contribution in [2.45, 2.75) is 84.2 Å². The van der Waals surface area contributed by atoms with Crippen LogP contribution in [0.1, 0.15) is 111 Å². The number of aliphatic hydroxyl groups excluding tert-OH is 1. The van der Waals surface area contributed by atoms with E-state index in [0.29, 0.717) is 33.9 Å². The molecule has 3 aliphatic rings. The average Bonchev–Trinajstić information content (AvgIpc) is 3.31. The molecule has 12 nitrogen and oxygen atoms in total. The molecule has 0 aromatic heterocycles. The summed E-state index contributed by atoms with van der Waals surface area (Å²) in [4.78, 5) is 0. The molecule has 0 bridgehead atoms. The number of hydrogen-bond donors (Lipinski definition) is 5. The van der Waals surface area contributed by atoms with Crippen LogP contribution in [0.4, 0.5) is 0 Å². The van der Waals surface area contributed by atoms with Crippen molar-refractivity contribution in [2.24, 2.45) is 11.8 Å². The van der Waals surface area contributed by atoms with Crippen molar-refractivity contribution in [3.8, 4) is 63.2 Å². The molecular weight excluding hydrogens is 939 g/mol. The van der Waals surface area contributed by atoms with Gasteiger partial charge >= 0.3 is 0 Å². The van der Waals surface area contributed by atoms with Gasteiger partial charge in [-0.05, 0) is 108 Å². The van der Waals surface area contributed by atoms with Crippen LogP contribution in [0.25, 0.3) is 0 Å². The zero-order chi connectivity index (χ0) is 48.6. The molecule has 68 heavy (non-hydrogen) atoms. The number of aryl methyl sites for hydroxylation is 4. The molecule has 0 saturated heterocycles. The van der Waals surface area contributed by atoms with E-state index in [2.05, 4.69) is 89.8 Å². The van der Waals surface area contributed by atoms with E-state index in [1.807, 2.05) is 13.8 Å². The molecule has 0 saturated carbocycles. The van der Waals surface area contributed by atoms with Crippen molar-refractivity contribution in [2.75, 3.05) is 0 Å². The van der Waals surface area contributed by atoms with Crippen molar-refractivity contribution >= 4 is 51.2 Å². The van der Waals surface area contributed by atoms with E-state index < -0.39 is 41.8 Å². The number of fused-ring (bicyclic) bond motifs is 3. The van der Waals surface area contributed by atoms with E-state index in [-0.39, 0.29) is 68.9 Å². The van der Waals surface area contributed by atoms with Crippen molar-refractivity contribution < 1.29 is 57.8 Å². The fourth-order valence-corrected chi connectivity index (χ4v) is 11.4. The van der Waals surface area contributed by atoms with Crippen molar-refractivity contribution in [1.29, 1.82) is 0 Å². The Morgan fingerprint density at radius 1 is 0.500 bits per heavy atom. The van der Waals surface area contributed by atoms with E-state index in [1.165, 1.54) is 23.8 Å². The summed E-state index contributed by atoms with van der Waals surface area (Å²) >= 11 is 0. The van der Waals surface area contributed by atoms with Gasteiger partial charge in [-0.25, -0.2) is 0 Å². The first-order chi connectivity index (χ1) is 32.5. The molecule has 0 spiro atoms. The maximum absolute atomic E-state index is 13.0. The molecule has 17 heteroatoms. The minimum Gasteiger partial charge on any atom is -0.507 e. The normalized spacial score (nSPS) is 22.6. The van der Waals surface area contributed by atoms with Crippen LogP contribution in [0.15, 0.2) is 72.8 Å². The SMILES string of the molecule is [B]c1c(OP)cc(OP)c2c1OC(c1ccc(OP)c(OP)c1)C(O)C2c1c(O)cc(O)c2c1OC(c1ccc(O)c(O)c1)C(C)C2c1c(C)cc(C)c2c1OC(c1ccc(C)c(C)c1)C(C)C2. The first-order valence-corrected chi connectivity index (χ1v) is 24.0. The lowest BCUT2D eigenvalue weighted by molar-refractivity contribution is 0.00654. The second-order valence-corrected chi connectivity index (χ2v) is 19.1. The van der Waals surface area contributed by atoms with Gasteiger partial charge in [-0.15, -0.1) is 0 Å².